The van der Waals surface area contributed by atoms with E-state index in [1.54, 1.807) is 0 Å². The van der Waals surface area contributed by atoms with Crippen LogP contribution in [0.15, 0.2) is 28.9 Å². The van der Waals surface area contributed by atoms with Crippen LogP contribution in [0.5, 0.6) is 0 Å². The van der Waals surface area contributed by atoms with E-state index in [0.29, 0.717) is 6.04 Å². The van der Waals surface area contributed by atoms with Gasteiger partial charge in [0.25, 0.3) is 0 Å². The van der Waals surface area contributed by atoms with Gasteiger partial charge in [-0.05, 0) is 56.4 Å². The van der Waals surface area contributed by atoms with Gasteiger partial charge in [0.2, 0.25) is 0 Å². The van der Waals surface area contributed by atoms with E-state index in [-0.39, 0.29) is 6.04 Å². The van der Waals surface area contributed by atoms with Crippen LogP contribution in [0.1, 0.15) is 54.5 Å². The summed E-state index contributed by atoms with van der Waals surface area (Å²) in [6.07, 6.45) is 5.51. The topological polar surface area (TPSA) is 40.7 Å². The molecule has 0 amide bonds. The van der Waals surface area contributed by atoms with Gasteiger partial charge in [-0.1, -0.05) is 22.0 Å². The average molecular weight is 334 g/mol. The lowest BCUT2D eigenvalue weighted by Crippen LogP contribution is -2.28. The molecule has 20 heavy (non-hydrogen) atoms. The lowest BCUT2D eigenvalue weighted by atomic mass is 9.87. The maximum atomic E-state index is 4.43. The SMILES string of the molecule is Cc1cnc(C(C)N[C@H]2CCCc3ccc(Br)cc32)[nH]1. The van der Waals surface area contributed by atoms with Crippen molar-refractivity contribution >= 4 is 15.9 Å². The van der Waals surface area contributed by atoms with Gasteiger partial charge in [-0.15, -0.1) is 0 Å². The van der Waals surface area contributed by atoms with Crippen LogP contribution in [0, 0.1) is 6.92 Å². The molecule has 0 saturated heterocycles. The summed E-state index contributed by atoms with van der Waals surface area (Å²) in [5, 5.41) is 3.72. The van der Waals surface area contributed by atoms with Gasteiger partial charge in [0.15, 0.2) is 0 Å². The molecule has 106 valence electrons. The molecule has 0 bridgehead atoms. The molecule has 2 aromatic rings. The standard InChI is InChI=1S/C16H20BrN3/c1-10-9-18-16(19-10)11(2)20-15-5-3-4-12-6-7-13(17)8-14(12)15/h6-9,11,15,20H,3-5H2,1-2H3,(H,18,19)/t11?,15-/m0/s1. The minimum atomic E-state index is 0.235. The number of aryl methyl sites for hydroxylation is 2. The number of imidazole rings is 1. The predicted molar refractivity (Wildman–Crippen MR) is 84.7 cm³/mol. The molecule has 0 spiro atoms. The number of hydrogen-bond donors (Lipinski definition) is 2. The normalized spacial score (nSPS) is 19.6. The Balaban J connectivity index is 1.80. The highest BCUT2D eigenvalue weighted by Gasteiger charge is 2.22. The highest BCUT2D eigenvalue weighted by atomic mass is 79.9. The fourth-order valence-corrected chi connectivity index (χ4v) is 3.36. The van der Waals surface area contributed by atoms with E-state index in [9.17, 15) is 0 Å². The summed E-state index contributed by atoms with van der Waals surface area (Å²) in [5.41, 5.74) is 4.01. The lowest BCUT2D eigenvalue weighted by molar-refractivity contribution is 0.407. The Labute approximate surface area is 128 Å². The van der Waals surface area contributed by atoms with Crippen LogP contribution in [0.2, 0.25) is 0 Å². The molecular weight excluding hydrogens is 314 g/mol. The molecule has 0 aliphatic heterocycles. The van der Waals surface area contributed by atoms with Crippen LogP contribution >= 0.6 is 15.9 Å². The van der Waals surface area contributed by atoms with E-state index in [1.165, 1.54) is 30.4 Å². The molecule has 3 nitrogen and oxygen atoms in total. The Morgan fingerprint density at radius 3 is 3.05 bits per heavy atom. The molecule has 1 heterocycles. The van der Waals surface area contributed by atoms with Crippen LogP contribution in [-0.2, 0) is 6.42 Å². The summed E-state index contributed by atoms with van der Waals surface area (Å²) in [4.78, 5) is 7.75. The number of hydrogen-bond acceptors (Lipinski definition) is 2. The van der Waals surface area contributed by atoms with Gasteiger partial charge in [0.05, 0.1) is 6.04 Å². The van der Waals surface area contributed by atoms with E-state index >= 15 is 0 Å². The fourth-order valence-electron chi connectivity index (χ4n) is 2.98. The van der Waals surface area contributed by atoms with Crippen LogP contribution < -0.4 is 5.32 Å². The summed E-state index contributed by atoms with van der Waals surface area (Å²) in [6, 6.07) is 7.29. The van der Waals surface area contributed by atoms with Crippen LogP contribution in [0.3, 0.4) is 0 Å². The number of halogens is 1. The van der Waals surface area contributed by atoms with E-state index in [0.717, 1.165) is 16.0 Å². The lowest BCUT2D eigenvalue weighted by Gasteiger charge is -2.29. The van der Waals surface area contributed by atoms with Crippen LogP contribution in [0.25, 0.3) is 0 Å². The van der Waals surface area contributed by atoms with Gasteiger partial charge in [-0.2, -0.15) is 0 Å². The average Bonchev–Trinajstić information content (AvgIpc) is 2.86. The summed E-state index contributed by atoms with van der Waals surface area (Å²) >= 11 is 3.59. The quantitative estimate of drug-likeness (QED) is 0.883. The van der Waals surface area contributed by atoms with Crippen molar-refractivity contribution in [1.29, 1.82) is 0 Å². The second-order valence-corrected chi connectivity index (χ2v) is 6.54. The molecule has 0 saturated carbocycles. The highest BCUT2D eigenvalue weighted by Crippen LogP contribution is 2.33. The number of nitrogens with zero attached hydrogens (tertiary/aromatic N) is 1. The zero-order valence-corrected chi connectivity index (χ0v) is 13.5. The Morgan fingerprint density at radius 1 is 1.45 bits per heavy atom. The van der Waals surface area contributed by atoms with Crippen molar-refractivity contribution in [3.8, 4) is 0 Å². The van der Waals surface area contributed by atoms with Crippen molar-refractivity contribution in [3.63, 3.8) is 0 Å². The molecular formula is C16H20BrN3. The Morgan fingerprint density at radius 2 is 2.30 bits per heavy atom. The number of aromatic amines is 1. The second-order valence-electron chi connectivity index (χ2n) is 5.63. The maximum Gasteiger partial charge on any atom is 0.123 e. The summed E-state index contributed by atoms with van der Waals surface area (Å²) < 4.78 is 1.16. The van der Waals surface area contributed by atoms with E-state index in [4.69, 9.17) is 0 Å². The number of benzene rings is 1. The number of H-pyrrole nitrogens is 1. The largest absolute Gasteiger partial charge is 0.345 e. The van der Waals surface area contributed by atoms with Gasteiger partial charge < -0.3 is 10.3 Å². The highest BCUT2D eigenvalue weighted by molar-refractivity contribution is 9.10. The van der Waals surface area contributed by atoms with Crippen LogP contribution in [-0.4, -0.2) is 9.97 Å². The molecule has 1 aliphatic carbocycles. The third-order valence-corrected chi connectivity index (χ3v) is 4.50. The summed E-state index contributed by atoms with van der Waals surface area (Å²) in [7, 11) is 0. The van der Waals surface area contributed by atoms with Gasteiger partial charge in [0.1, 0.15) is 5.82 Å². The van der Waals surface area contributed by atoms with Crippen molar-refractivity contribution in [2.75, 3.05) is 0 Å². The van der Waals surface area contributed by atoms with Gasteiger partial charge in [-0.3, -0.25) is 0 Å². The first-order chi connectivity index (χ1) is 9.63. The Bertz CT molecular complexity index is 606. The van der Waals surface area contributed by atoms with Crippen molar-refractivity contribution in [2.24, 2.45) is 0 Å². The molecule has 3 rings (SSSR count). The third-order valence-electron chi connectivity index (χ3n) is 4.01. The minimum absolute atomic E-state index is 0.235. The zero-order valence-electron chi connectivity index (χ0n) is 11.9. The second kappa shape index (κ2) is 5.70. The molecule has 2 atom stereocenters. The van der Waals surface area contributed by atoms with Crippen molar-refractivity contribution < 1.29 is 0 Å². The number of fused-ring (bicyclic) bond motifs is 1. The molecule has 2 N–H and O–H groups in total. The summed E-state index contributed by atoms with van der Waals surface area (Å²) in [6.45, 7) is 4.21. The number of aromatic nitrogens is 2. The van der Waals surface area contributed by atoms with Crippen molar-refractivity contribution in [1.82, 2.24) is 15.3 Å². The molecule has 1 aromatic carbocycles. The van der Waals surface area contributed by atoms with Gasteiger partial charge in [-0.25, -0.2) is 4.98 Å². The Kier molecular flexibility index (Phi) is 3.94. The Hall–Kier alpha value is -1.13. The monoisotopic (exact) mass is 333 g/mol. The van der Waals surface area contributed by atoms with Gasteiger partial charge in [0, 0.05) is 22.4 Å². The zero-order chi connectivity index (χ0) is 14.1. The van der Waals surface area contributed by atoms with E-state index < -0.39 is 0 Å². The van der Waals surface area contributed by atoms with Gasteiger partial charge >= 0.3 is 0 Å². The number of nitrogens with one attached hydrogen (secondary N) is 2. The molecule has 0 fully saturated rings. The van der Waals surface area contributed by atoms with E-state index in [1.807, 2.05) is 13.1 Å². The van der Waals surface area contributed by atoms with Crippen LogP contribution in [0.4, 0.5) is 0 Å². The predicted octanol–water partition coefficient (Wildman–Crippen LogP) is 4.21. The summed E-state index contributed by atoms with van der Waals surface area (Å²) in [5.74, 6) is 1.02. The first-order valence-corrected chi connectivity index (χ1v) is 7.98. The smallest absolute Gasteiger partial charge is 0.123 e. The first-order valence-electron chi connectivity index (χ1n) is 7.19. The molecule has 0 radical (unpaired) electrons. The first kappa shape index (κ1) is 13.8. The minimum Gasteiger partial charge on any atom is -0.345 e. The van der Waals surface area contributed by atoms with Crippen molar-refractivity contribution in [3.05, 3.63) is 51.5 Å². The molecule has 4 heteroatoms. The molecule has 1 aliphatic rings. The van der Waals surface area contributed by atoms with E-state index in [2.05, 4.69) is 56.3 Å². The van der Waals surface area contributed by atoms with Crippen molar-refractivity contribution in [2.45, 2.75) is 45.2 Å². The fraction of sp³-hybridized carbons (Fsp3) is 0.438. The molecule has 1 aromatic heterocycles. The molecule has 1 unspecified atom stereocenters. The number of rotatable bonds is 3. The maximum absolute atomic E-state index is 4.43. The third kappa shape index (κ3) is 2.81.